The first kappa shape index (κ1) is 37.4. The molecule has 3 aromatic carbocycles. The monoisotopic (exact) mass is 679 g/mol. The number of hydrogen-bond acceptors (Lipinski definition) is 8. The standard InChI is InChI=1S/C36H43N2O7PS/c1-44-34(41)25-37-35(42)32(26-47)38-33(40)22-21-27(36(43)45-2)24-28(39)14-12-13-23-46(29-15-6-3-7-16-29,30-17-8-4-9-18-30)31-19-10-5-11-20-31/h3-11,15-20,27,32H,12-14,21-26H2,1-2H3,(H2-,37,38,40,42,47)/p+1/t27-,32+/m0/s1. The van der Waals surface area contributed by atoms with Crippen molar-refractivity contribution in [3.05, 3.63) is 91.0 Å². The van der Waals surface area contributed by atoms with Gasteiger partial charge in [-0.3, -0.25) is 24.0 Å². The average Bonchev–Trinajstić information content (AvgIpc) is 3.12. The summed E-state index contributed by atoms with van der Waals surface area (Å²) >= 11 is 4.11. The Hall–Kier alpha value is -4.01. The van der Waals surface area contributed by atoms with Gasteiger partial charge in [0.05, 0.1) is 26.3 Å². The molecule has 0 heterocycles. The maximum absolute atomic E-state index is 13.1. The fourth-order valence-corrected chi connectivity index (χ4v) is 10.2. The van der Waals surface area contributed by atoms with Gasteiger partial charge in [-0.15, -0.1) is 0 Å². The molecule has 0 bridgehead atoms. The third-order valence-electron chi connectivity index (χ3n) is 7.99. The van der Waals surface area contributed by atoms with E-state index in [-0.39, 0.29) is 37.3 Å². The third kappa shape index (κ3) is 11.0. The van der Waals surface area contributed by atoms with Crippen LogP contribution < -0.4 is 26.5 Å². The van der Waals surface area contributed by atoms with E-state index in [0.29, 0.717) is 12.8 Å². The van der Waals surface area contributed by atoms with E-state index in [9.17, 15) is 24.0 Å². The van der Waals surface area contributed by atoms with Gasteiger partial charge in [0.1, 0.15) is 41.5 Å². The number of benzene rings is 3. The summed E-state index contributed by atoms with van der Waals surface area (Å²) in [5.41, 5.74) is 0. The zero-order valence-electron chi connectivity index (χ0n) is 26.9. The Kier molecular flexibility index (Phi) is 15.6. The summed E-state index contributed by atoms with van der Waals surface area (Å²) in [7, 11) is 0.449. The lowest BCUT2D eigenvalue weighted by molar-refractivity contribution is -0.147. The van der Waals surface area contributed by atoms with Crippen LogP contribution in [0.2, 0.25) is 0 Å². The van der Waals surface area contributed by atoms with Crippen LogP contribution in [0.15, 0.2) is 91.0 Å². The van der Waals surface area contributed by atoms with Gasteiger partial charge in [-0.05, 0) is 55.7 Å². The average molecular weight is 680 g/mol. The minimum atomic E-state index is -2.00. The minimum Gasteiger partial charge on any atom is -0.469 e. The normalized spacial score (nSPS) is 12.3. The van der Waals surface area contributed by atoms with Crippen molar-refractivity contribution in [3.63, 3.8) is 0 Å². The number of Topliss-reactive ketones (excluding diaryl/α,β-unsaturated/α-hetero) is 1. The molecule has 9 nitrogen and oxygen atoms in total. The second-order valence-electron chi connectivity index (χ2n) is 11.1. The van der Waals surface area contributed by atoms with E-state index < -0.39 is 43.0 Å². The summed E-state index contributed by atoms with van der Waals surface area (Å²) in [6, 6.07) is 30.7. The highest BCUT2D eigenvalue weighted by atomic mass is 32.1. The van der Waals surface area contributed by atoms with Crippen molar-refractivity contribution < 1.29 is 33.4 Å². The molecule has 250 valence electrons. The van der Waals surface area contributed by atoms with E-state index in [0.717, 1.165) is 12.6 Å². The number of amides is 2. The molecular weight excluding hydrogens is 635 g/mol. The molecular formula is C36H44N2O7PS+. The van der Waals surface area contributed by atoms with Crippen LogP contribution in [0.1, 0.15) is 38.5 Å². The molecule has 2 N–H and O–H groups in total. The van der Waals surface area contributed by atoms with Crippen LogP contribution in [-0.2, 0) is 33.4 Å². The van der Waals surface area contributed by atoms with Gasteiger partial charge in [0, 0.05) is 25.0 Å². The molecule has 0 unspecified atom stereocenters. The highest BCUT2D eigenvalue weighted by Crippen LogP contribution is 2.56. The molecule has 0 saturated carbocycles. The number of ether oxygens (including phenoxy) is 2. The number of methoxy groups -OCH3 is 2. The van der Waals surface area contributed by atoms with E-state index in [1.165, 1.54) is 30.1 Å². The molecule has 0 spiro atoms. The molecule has 0 fully saturated rings. The molecule has 0 aromatic heterocycles. The van der Waals surface area contributed by atoms with Crippen molar-refractivity contribution in [2.45, 2.75) is 44.6 Å². The summed E-state index contributed by atoms with van der Waals surface area (Å²) in [5.74, 6) is -3.12. The van der Waals surface area contributed by atoms with Gasteiger partial charge >= 0.3 is 11.9 Å². The van der Waals surface area contributed by atoms with E-state index >= 15 is 0 Å². The summed E-state index contributed by atoms with van der Waals surface area (Å²) < 4.78 is 9.42. The second kappa shape index (κ2) is 19.6. The summed E-state index contributed by atoms with van der Waals surface area (Å²) in [5, 5.41) is 8.79. The van der Waals surface area contributed by atoms with Gasteiger partial charge in [0.15, 0.2) is 0 Å². The van der Waals surface area contributed by atoms with Crippen LogP contribution in [0, 0.1) is 5.92 Å². The van der Waals surface area contributed by atoms with Crippen molar-refractivity contribution in [2.24, 2.45) is 5.92 Å². The topological polar surface area (TPSA) is 128 Å². The second-order valence-corrected chi connectivity index (χ2v) is 15.1. The highest BCUT2D eigenvalue weighted by molar-refractivity contribution is 7.95. The maximum atomic E-state index is 13.1. The van der Waals surface area contributed by atoms with Crippen LogP contribution in [0.4, 0.5) is 0 Å². The predicted octanol–water partition coefficient (Wildman–Crippen LogP) is 3.38. The summed E-state index contributed by atoms with van der Waals surface area (Å²) in [4.78, 5) is 61.9. The Balaban J connectivity index is 1.61. The number of rotatable bonds is 19. The number of esters is 2. The Labute approximate surface area is 282 Å². The van der Waals surface area contributed by atoms with Crippen molar-refractivity contribution in [2.75, 3.05) is 32.7 Å². The predicted molar refractivity (Wildman–Crippen MR) is 189 cm³/mol. The molecule has 3 aromatic rings. The first-order valence-corrected chi connectivity index (χ1v) is 18.2. The van der Waals surface area contributed by atoms with E-state index in [2.05, 4.69) is 101 Å². The van der Waals surface area contributed by atoms with E-state index in [1.54, 1.807) is 0 Å². The Morgan fingerprint density at radius 1 is 0.745 bits per heavy atom. The number of nitrogens with one attached hydrogen (secondary N) is 2. The smallest absolute Gasteiger partial charge is 0.325 e. The molecule has 11 heteroatoms. The minimum absolute atomic E-state index is 0.0000503. The molecule has 0 radical (unpaired) electrons. The van der Waals surface area contributed by atoms with Crippen LogP contribution in [0.3, 0.4) is 0 Å². The summed E-state index contributed by atoms with van der Waals surface area (Å²) in [6.07, 6.45) is 2.61. The largest absolute Gasteiger partial charge is 0.469 e. The van der Waals surface area contributed by atoms with Gasteiger partial charge in [0.2, 0.25) is 11.8 Å². The summed E-state index contributed by atoms with van der Waals surface area (Å²) in [6.45, 7) is -0.338. The quantitative estimate of drug-likeness (QED) is 0.0768. The van der Waals surface area contributed by atoms with Crippen molar-refractivity contribution >= 4 is 65.3 Å². The molecule has 0 saturated heterocycles. The molecule has 0 aliphatic carbocycles. The van der Waals surface area contributed by atoms with Gasteiger partial charge < -0.3 is 20.1 Å². The maximum Gasteiger partial charge on any atom is 0.325 e. The van der Waals surface area contributed by atoms with Crippen molar-refractivity contribution in [3.8, 4) is 0 Å². The first-order chi connectivity index (χ1) is 22.7. The van der Waals surface area contributed by atoms with Crippen molar-refractivity contribution in [1.82, 2.24) is 10.6 Å². The Bertz CT molecular complexity index is 1360. The molecule has 0 aliphatic heterocycles. The number of thiol groups is 1. The molecule has 0 aliphatic rings. The van der Waals surface area contributed by atoms with Gasteiger partial charge in [-0.1, -0.05) is 54.6 Å². The highest BCUT2D eigenvalue weighted by Gasteiger charge is 2.44. The molecule has 2 amide bonds. The lowest BCUT2D eigenvalue weighted by atomic mass is 9.95. The van der Waals surface area contributed by atoms with Crippen LogP contribution in [0.5, 0.6) is 0 Å². The SMILES string of the molecule is COC(=O)CNC(=O)[C@@H](CS)NC(=O)CC[C@@H](CC(=O)CCCC[P+](c1ccccc1)(c1ccccc1)c1ccccc1)C(=O)OC. The fourth-order valence-electron chi connectivity index (χ4n) is 5.52. The number of carbonyl (C=O) groups excluding carboxylic acids is 5. The van der Waals surface area contributed by atoms with Crippen LogP contribution in [-0.4, -0.2) is 68.3 Å². The van der Waals surface area contributed by atoms with Crippen LogP contribution >= 0.6 is 19.9 Å². The number of unbranched alkanes of at least 4 members (excludes halogenated alkanes) is 1. The third-order valence-corrected chi connectivity index (χ3v) is 12.9. The van der Waals surface area contributed by atoms with E-state index in [4.69, 9.17) is 4.74 Å². The zero-order valence-corrected chi connectivity index (χ0v) is 28.7. The fraction of sp³-hybridized carbons (Fsp3) is 0.361. The van der Waals surface area contributed by atoms with E-state index in [1.807, 2.05) is 18.2 Å². The number of carbonyl (C=O) groups is 5. The van der Waals surface area contributed by atoms with Gasteiger partial charge in [0.25, 0.3) is 0 Å². The molecule has 3 rings (SSSR count). The lowest BCUT2D eigenvalue weighted by Crippen LogP contribution is -2.49. The molecule has 2 atom stereocenters. The van der Waals surface area contributed by atoms with Crippen LogP contribution in [0.25, 0.3) is 0 Å². The lowest BCUT2D eigenvalue weighted by Gasteiger charge is -2.27. The number of hydrogen-bond donors (Lipinski definition) is 3. The van der Waals surface area contributed by atoms with Gasteiger partial charge in [-0.25, -0.2) is 0 Å². The Morgan fingerprint density at radius 2 is 1.28 bits per heavy atom. The first-order valence-electron chi connectivity index (χ1n) is 15.6. The molecule has 47 heavy (non-hydrogen) atoms. The zero-order chi connectivity index (χ0) is 34.1. The van der Waals surface area contributed by atoms with Gasteiger partial charge in [-0.2, -0.15) is 12.6 Å². The Morgan fingerprint density at radius 3 is 1.74 bits per heavy atom. The van der Waals surface area contributed by atoms with Crippen molar-refractivity contribution in [1.29, 1.82) is 0 Å². The number of ketones is 1.